The third-order valence-electron chi connectivity index (χ3n) is 4.04. The number of halogens is 2. The summed E-state index contributed by atoms with van der Waals surface area (Å²) in [5.74, 6) is -0.256. The second-order valence-corrected chi connectivity index (χ2v) is 8.92. The molecule has 1 atom stereocenters. The monoisotopic (exact) mass is 439 g/mol. The molecule has 0 N–H and O–H groups in total. The average Bonchev–Trinajstić information content (AvgIpc) is 3.04. The fraction of sp³-hybridized carbons (Fsp3) is 0.0526. The number of fused-ring (bicyclic) bond motifs is 1. The second-order valence-electron chi connectivity index (χ2n) is 5.83. The van der Waals surface area contributed by atoms with Crippen molar-refractivity contribution in [3.63, 3.8) is 0 Å². The first kappa shape index (κ1) is 17.7. The van der Waals surface area contributed by atoms with E-state index in [9.17, 15) is 9.65 Å². The molecule has 4 rings (SSSR count). The number of nitrogens with zero attached hydrogens (tertiary/aromatic N) is 5. The van der Waals surface area contributed by atoms with Crippen molar-refractivity contribution in [2.45, 2.75) is 6.54 Å². The molecule has 0 aliphatic heterocycles. The first-order valence-electron chi connectivity index (χ1n) is 8.01. The van der Waals surface area contributed by atoms with E-state index in [4.69, 9.17) is 11.6 Å². The number of aromatic nitrogens is 4. The van der Waals surface area contributed by atoms with Crippen LogP contribution in [0, 0.1) is 17.1 Å². The van der Waals surface area contributed by atoms with Crippen LogP contribution < -0.4 is 8.83 Å². The van der Waals surface area contributed by atoms with Crippen molar-refractivity contribution in [1.82, 2.24) is 19.7 Å². The Balaban J connectivity index is 1.63. The molecule has 0 aliphatic carbocycles. The maximum absolute atomic E-state index is 13.4. The summed E-state index contributed by atoms with van der Waals surface area (Å²) in [7, 11) is 0. The van der Waals surface area contributed by atoms with Gasteiger partial charge in [0.1, 0.15) is 0 Å². The number of hydrogen-bond acceptors (Lipinski definition) is 4. The fourth-order valence-corrected chi connectivity index (χ4v) is 5.42. The van der Waals surface area contributed by atoms with E-state index >= 15 is 0 Å². The fourth-order valence-electron chi connectivity index (χ4n) is 2.79. The minimum absolute atomic E-state index is 0.190. The predicted molar refractivity (Wildman–Crippen MR) is 103 cm³/mol. The van der Waals surface area contributed by atoms with Gasteiger partial charge in [-0.2, -0.15) is 0 Å². The van der Waals surface area contributed by atoms with Crippen LogP contribution in [-0.2, 0) is 6.54 Å². The van der Waals surface area contributed by atoms with Crippen molar-refractivity contribution < 1.29 is 4.39 Å². The molecule has 5 nitrogen and oxygen atoms in total. The van der Waals surface area contributed by atoms with Gasteiger partial charge < -0.3 is 0 Å². The molecule has 2 heterocycles. The van der Waals surface area contributed by atoms with Gasteiger partial charge in [-0.05, 0) is 0 Å². The summed E-state index contributed by atoms with van der Waals surface area (Å²) in [6, 6.07) is 14.7. The average molecular weight is 440 g/mol. The van der Waals surface area contributed by atoms with Gasteiger partial charge in [-0.1, -0.05) is 0 Å². The molecule has 8 heteroatoms. The van der Waals surface area contributed by atoms with Crippen molar-refractivity contribution in [3.05, 3.63) is 77.1 Å². The summed E-state index contributed by atoms with van der Waals surface area (Å²) < 4.78 is 17.1. The number of nitriles is 1. The molecule has 132 valence electrons. The van der Waals surface area contributed by atoms with Crippen molar-refractivity contribution in [1.29, 1.82) is 5.26 Å². The van der Waals surface area contributed by atoms with E-state index in [1.165, 1.54) is 18.5 Å². The zero-order valence-corrected chi connectivity index (χ0v) is 16.7. The molecule has 1 unspecified atom stereocenters. The molecule has 0 amide bonds. The summed E-state index contributed by atoms with van der Waals surface area (Å²) in [4.78, 5) is 8.10. The van der Waals surface area contributed by atoms with Crippen LogP contribution in [0.1, 0.15) is 11.1 Å². The summed E-state index contributed by atoms with van der Waals surface area (Å²) in [5.41, 5.74) is 2.17. The Morgan fingerprint density at radius 1 is 1.19 bits per heavy atom. The summed E-state index contributed by atoms with van der Waals surface area (Å²) in [6.07, 6.45) is 3.18. The van der Waals surface area contributed by atoms with Crippen molar-refractivity contribution in [3.8, 4) is 6.07 Å². The van der Waals surface area contributed by atoms with Crippen LogP contribution in [-0.4, -0.2) is 35.5 Å². The molecule has 4 aromatic rings. The summed E-state index contributed by atoms with van der Waals surface area (Å²) in [5, 5.41) is 14.9. The Bertz CT molecular complexity index is 1180. The summed E-state index contributed by atoms with van der Waals surface area (Å²) >= 11 is 5.15. The Labute approximate surface area is 166 Å². The molecule has 27 heavy (non-hydrogen) atoms. The molecule has 0 saturated heterocycles. The Morgan fingerprint density at radius 3 is 2.89 bits per heavy atom. The van der Waals surface area contributed by atoms with E-state index in [2.05, 4.69) is 27.2 Å². The van der Waals surface area contributed by atoms with Crippen LogP contribution in [0.5, 0.6) is 0 Å². The van der Waals surface area contributed by atoms with Gasteiger partial charge in [-0.3, -0.25) is 0 Å². The van der Waals surface area contributed by atoms with Crippen LogP contribution in [0.2, 0.25) is 5.15 Å². The zero-order valence-electron chi connectivity index (χ0n) is 13.9. The third-order valence-corrected chi connectivity index (χ3v) is 6.88. The maximum atomic E-state index is 13.4. The molecular weight excluding hydrogens is 428 g/mol. The first-order valence-corrected chi connectivity index (χ1v) is 10.5. The number of rotatable bonds is 4. The van der Waals surface area contributed by atoms with E-state index < -0.39 is 15.8 Å². The van der Waals surface area contributed by atoms with Crippen molar-refractivity contribution in [2.24, 2.45) is 0 Å². The van der Waals surface area contributed by atoms with E-state index in [1.54, 1.807) is 12.3 Å². The third kappa shape index (κ3) is 3.71. The Morgan fingerprint density at radius 2 is 2.07 bits per heavy atom. The van der Waals surface area contributed by atoms with Crippen LogP contribution in [0.3, 0.4) is 0 Å². The van der Waals surface area contributed by atoms with Gasteiger partial charge >= 0.3 is 166 Å². The molecule has 0 aliphatic rings. The molecule has 0 radical (unpaired) electrons. The van der Waals surface area contributed by atoms with Gasteiger partial charge in [0.2, 0.25) is 0 Å². The molecule has 2 aromatic carbocycles. The quantitative estimate of drug-likeness (QED) is 0.360. The van der Waals surface area contributed by atoms with E-state index in [-0.39, 0.29) is 11.0 Å². The number of hydrogen-bond donors (Lipinski definition) is 0. The second kappa shape index (κ2) is 7.48. The molecule has 0 bridgehead atoms. The minimum atomic E-state index is -0.836. The SMILES string of the molecule is N#Cc1c(Cl)ncnc1[AsH]c1ccc2c(cnn2Cc2cccc(F)c2)c1. The Hall–Kier alpha value is -2.74. The van der Waals surface area contributed by atoms with Gasteiger partial charge in [-0.25, -0.2) is 0 Å². The van der Waals surface area contributed by atoms with E-state index in [0.29, 0.717) is 16.6 Å². The van der Waals surface area contributed by atoms with Gasteiger partial charge in [0.25, 0.3) is 0 Å². The van der Waals surface area contributed by atoms with E-state index in [1.807, 2.05) is 22.9 Å². The molecule has 2 aromatic heterocycles. The van der Waals surface area contributed by atoms with Crippen molar-refractivity contribution >= 4 is 47.1 Å². The molecule has 0 fully saturated rings. The van der Waals surface area contributed by atoms with Crippen molar-refractivity contribution in [2.75, 3.05) is 0 Å². The molecule has 0 saturated carbocycles. The normalized spacial score (nSPS) is 11.3. The van der Waals surface area contributed by atoms with Gasteiger partial charge in [-0.15, -0.1) is 0 Å². The van der Waals surface area contributed by atoms with Gasteiger partial charge in [0.15, 0.2) is 0 Å². The molecular formula is C19H12AsClFN5. The number of benzene rings is 2. The van der Waals surface area contributed by atoms with Gasteiger partial charge in [0, 0.05) is 0 Å². The predicted octanol–water partition coefficient (Wildman–Crippen LogP) is 1.93. The zero-order chi connectivity index (χ0) is 18.8. The van der Waals surface area contributed by atoms with Gasteiger partial charge in [0.05, 0.1) is 0 Å². The van der Waals surface area contributed by atoms with Crippen LogP contribution in [0.15, 0.2) is 55.0 Å². The Kier molecular flexibility index (Phi) is 4.89. The van der Waals surface area contributed by atoms with Crippen LogP contribution in [0.25, 0.3) is 10.9 Å². The van der Waals surface area contributed by atoms with E-state index in [0.717, 1.165) is 20.8 Å². The standard InChI is InChI=1S/C19H12AsClFN5/c21-19-16(8-23)18(24-11-25-19)20-14-4-5-17-13(7-14)9-26-27(17)10-12-2-1-3-15(22)6-12/h1-7,9,11,20H,10H2. The molecule has 0 spiro atoms. The topological polar surface area (TPSA) is 67.4 Å². The summed E-state index contributed by atoms with van der Waals surface area (Å²) in [6.45, 7) is 0.497. The first-order chi connectivity index (χ1) is 13.1. The van der Waals surface area contributed by atoms with Crippen LogP contribution >= 0.6 is 11.6 Å². The van der Waals surface area contributed by atoms with Crippen LogP contribution in [0.4, 0.5) is 4.39 Å².